The molecule has 2 aromatic carbocycles. The first kappa shape index (κ1) is 12.7. The summed E-state index contributed by atoms with van der Waals surface area (Å²) in [5, 5.41) is 1.90. The summed E-state index contributed by atoms with van der Waals surface area (Å²) in [6, 6.07) is 7.34. The Morgan fingerprint density at radius 3 is 2.85 bits per heavy atom. The van der Waals surface area contributed by atoms with Crippen LogP contribution in [0.25, 0.3) is 10.8 Å². The molecule has 0 aliphatic carbocycles. The summed E-state index contributed by atoms with van der Waals surface area (Å²) in [7, 11) is 1.48. The maximum Gasteiger partial charge on any atom is 0.165 e. The number of aryl methyl sites for hydroxylation is 1. The van der Waals surface area contributed by atoms with E-state index >= 15 is 0 Å². The molecule has 0 fully saturated rings. The van der Waals surface area contributed by atoms with Crippen LogP contribution in [0.4, 0.5) is 4.39 Å². The van der Waals surface area contributed by atoms with Gasteiger partial charge in [0.05, 0.1) is 13.4 Å². The molecule has 1 aromatic heterocycles. The number of methoxy groups -OCH3 is 1. The number of rotatable bonds is 3. The summed E-state index contributed by atoms with van der Waals surface area (Å²) in [5.74, 6) is -0.0536. The van der Waals surface area contributed by atoms with Crippen LogP contribution in [0.3, 0.4) is 0 Å². The van der Waals surface area contributed by atoms with Crippen molar-refractivity contribution in [1.29, 1.82) is 0 Å². The largest absolute Gasteiger partial charge is 0.494 e. The topological polar surface area (TPSA) is 27.1 Å². The molecule has 0 aliphatic rings. The van der Waals surface area contributed by atoms with Crippen molar-refractivity contribution < 1.29 is 9.13 Å². The van der Waals surface area contributed by atoms with Crippen LogP contribution in [0, 0.1) is 12.7 Å². The predicted molar refractivity (Wildman–Crippen MR) is 76.5 cm³/mol. The molecule has 102 valence electrons. The van der Waals surface area contributed by atoms with Crippen molar-refractivity contribution in [3.63, 3.8) is 0 Å². The second-order valence-electron chi connectivity index (χ2n) is 4.79. The molecule has 3 aromatic rings. The quantitative estimate of drug-likeness (QED) is 0.728. The van der Waals surface area contributed by atoms with Crippen molar-refractivity contribution in [2.45, 2.75) is 13.5 Å². The molecule has 0 radical (unpaired) electrons. The van der Waals surface area contributed by atoms with Gasteiger partial charge in [-0.3, -0.25) is 0 Å². The van der Waals surface area contributed by atoms with Crippen LogP contribution < -0.4 is 4.74 Å². The zero-order valence-corrected chi connectivity index (χ0v) is 11.4. The molecule has 0 aliphatic heterocycles. The third-order valence-electron chi connectivity index (χ3n) is 3.59. The normalized spacial score (nSPS) is 10.9. The molecule has 0 saturated carbocycles. The molecule has 0 amide bonds. The van der Waals surface area contributed by atoms with Gasteiger partial charge in [-0.05, 0) is 41.0 Å². The second kappa shape index (κ2) is 4.96. The third-order valence-corrected chi connectivity index (χ3v) is 3.59. The van der Waals surface area contributed by atoms with E-state index in [0.29, 0.717) is 0 Å². The van der Waals surface area contributed by atoms with Gasteiger partial charge in [0.25, 0.3) is 0 Å². The van der Waals surface area contributed by atoms with Gasteiger partial charge in [0, 0.05) is 18.9 Å². The highest BCUT2D eigenvalue weighted by molar-refractivity contribution is 5.88. The van der Waals surface area contributed by atoms with Crippen LogP contribution in [-0.2, 0) is 6.54 Å². The third kappa shape index (κ3) is 2.13. The lowest BCUT2D eigenvalue weighted by Crippen LogP contribution is -1.99. The van der Waals surface area contributed by atoms with E-state index in [-0.39, 0.29) is 11.6 Å². The molecule has 3 rings (SSSR count). The summed E-state index contributed by atoms with van der Waals surface area (Å²) in [5.41, 5.74) is 2.23. The predicted octanol–water partition coefficient (Wildman–Crippen LogP) is 3.54. The SMILES string of the molecule is COc1cc2ccc(Cn3ccnc3)c(C)c2cc1F. The van der Waals surface area contributed by atoms with E-state index in [9.17, 15) is 4.39 Å². The van der Waals surface area contributed by atoms with Crippen molar-refractivity contribution in [2.24, 2.45) is 0 Å². The second-order valence-corrected chi connectivity index (χ2v) is 4.79. The first-order chi connectivity index (χ1) is 9.69. The fraction of sp³-hybridized carbons (Fsp3) is 0.188. The number of halogens is 1. The van der Waals surface area contributed by atoms with E-state index in [2.05, 4.69) is 11.1 Å². The van der Waals surface area contributed by atoms with Gasteiger partial charge in [-0.15, -0.1) is 0 Å². The van der Waals surface area contributed by atoms with E-state index in [0.717, 1.165) is 28.4 Å². The first-order valence-corrected chi connectivity index (χ1v) is 6.40. The molecule has 0 saturated heterocycles. The molecule has 0 N–H and O–H groups in total. The smallest absolute Gasteiger partial charge is 0.165 e. The lowest BCUT2D eigenvalue weighted by Gasteiger charge is -2.11. The fourth-order valence-electron chi connectivity index (χ4n) is 2.42. The zero-order chi connectivity index (χ0) is 14.1. The summed E-state index contributed by atoms with van der Waals surface area (Å²) in [6.07, 6.45) is 5.44. The van der Waals surface area contributed by atoms with Gasteiger partial charge in [-0.25, -0.2) is 9.37 Å². The Kier molecular flexibility index (Phi) is 3.14. The minimum atomic E-state index is -0.331. The van der Waals surface area contributed by atoms with Crippen molar-refractivity contribution in [2.75, 3.05) is 7.11 Å². The van der Waals surface area contributed by atoms with Crippen LogP contribution >= 0.6 is 0 Å². The Hall–Kier alpha value is -2.36. The Morgan fingerprint density at radius 1 is 1.30 bits per heavy atom. The number of fused-ring (bicyclic) bond motifs is 1. The molecule has 3 nitrogen and oxygen atoms in total. The Labute approximate surface area is 116 Å². The molecular weight excluding hydrogens is 255 g/mol. The average molecular weight is 270 g/mol. The number of ether oxygens (including phenoxy) is 1. The molecule has 20 heavy (non-hydrogen) atoms. The summed E-state index contributed by atoms with van der Waals surface area (Å²) < 4.78 is 20.9. The molecule has 0 spiro atoms. The van der Waals surface area contributed by atoms with Crippen molar-refractivity contribution >= 4 is 10.8 Å². The summed E-state index contributed by atoms with van der Waals surface area (Å²) in [6.45, 7) is 2.75. The lowest BCUT2D eigenvalue weighted by molar-refractivity contribution is 0.387. The van der Waals surface area contributed by atoms with E-state index in [1.807, 2.05) is 23.8 Å². The highest BCUT2D eigenvalue weighted by Gasteiger charge is 2.09. The van der Waals surface area contributed by atoms with Crippen LogP contribution in [-0.4, -0.2) is 16.7 Å². The highest BCUT2D eigenvalue weighted by atomic mass is 19.1. The fourth-order valence-corrected chi connectivity index (χ4v) is 2.42. The van der Waals surface area contributed by atoms with Crippen LogP contribution in [0.5, 0.6) is 5.75 Å². The highest BCUT2D eigenvalue weighted by Crippen LogP contribution is 2.28. The lowest BCUT2D eigenvalue weighted by atomic mass is 9.99. The Balaban J connectivity index is 2.10. The minimum Gasteiger partial charge on any atom is -0.494 e. The number of imidazole rings is 1. The number of hydrogen-bond donors (Lipinski definition) is 0. The van der Waals surface area contributed by atoms with Gasteiger partial charge < -0.3 is 9.30 Å². The summed E-state index contributed by atoms with van der Waals surface area (Å²) in [4.78, 5) is 4.03. The minimum absolute atomic E-state index is 0.277. The van der Waals surface area contributed by atoms with Gasteiger partial charge in [-0.2, -0.15) is 0 Å². The molecule has 1 heterocycles. The monoisotopic (exact) mass is 270 g/mol. The molecule has 0 atom stereocenters. The van der Waals surface area contributed by atoms with Crippen molar-refractivity contribution in [3.8, 4) is 5.75 Å². The van der Waals surface area contributed by atoms with Gasteiger partial charge in [0.2, 0.25) is 0 Å². The van der Waals surface area contributed by atoms with E-state index in [4.69, 9.17) is 4.74 Å². The molecule has 0 unspecified atom stereocenters. The van der Waals surface area contributed by atoms with E-state index in [1.165, 1.54) is 7.11 Å². The number of aromatic nitrogens is 2. The Morgan fingerprint density at radius 2 is 2.15 bits per heavy atom. The maximum atomic E-state index is 13.9. The number of benzene rings is 2. The van der Waals surface area contributed by atoms with Gasteiger partial charge in [0.15, 0.2) is 11.6 Å². The van der Waals surface area contributed by atoms with Crippen LogP contribution in [0.2, 0.25) is 0 Å². The Bertz CT molecular complexity index is 751. The average Bonchev–Trinajstić information content (AvgIpc) is 2.95. The van der Waals surface area contributed by atoms with Gasteiger partial charge >= 0.3 is 0 Å². The summed E-state index contributed by atoms with van der Waals surface area (Å²) >= 11 is 0. The van der Waals surface area contributed by atoms with Crippen LogP contribution in [0.15, 0.2) is 43.0 Å². The zero-order valence-electron chi connectivity index (χ0n) is 11.4. The van der Waals surface area contributed by atoms with Crippen LogP contribution in [0.1, 0.15) is 11.1 Å². The molecule has 4 heteroatoms. The van der Waals surface area contributed by atoms with E-state index in [1.54, 1.807) is 24.7 Å². The number of nitrogens with zero attached hydrogens (tertiary/aromatic N) is 2. The van der Waals surface area contributed by atoms with Gasteiger partial charge in [0.1, 0.15) is 0 Å². The number of hydrogen-bond acceptors (Lipinski definition) is 2. The van der Waals surface area contributed by atoms with Gasteiger partial charge in [-0.1, -0.05) is 12.1 Å². The maximum absolute atomic E-state index is 13.9. The van der Waals surface area contributed by atoms with E-state index < -0.39 is 0 Å². The molecule has 0 bridgehead atoms. The standard InChI is InChI=1S/C16H15FN2O/c1-11-13(9-19-6-5-18-10-19)4-3-12-7-16(20-2)15(17)8-14(11)12/h3-8,10H,9H2,1-2H3. The van der Waals surface area contributed by atoms with Crippen molar-refractivity contribution in [1.82, 2.24) is 9.55 Å². The van der Waals surface area contributed by atoms with Crippen molar-refractivity contribution in [3.05, 3.63) is 59.9 Å². The molecular formula is C16H15FN2O. The first-order valence-electron chi connectivity index (χ1n) is 6.40.